The van der Waals surface area contributed by atoms with Crippen molar-refractivity contribution >= 4 is 43.7 Å². The highest BCUT2D eigenvalue weighted by Crippen LogP contribution is 2.64. The standard InChI is InChI=1S/C64H38N4O/c1-3-17-39(18-4-1)40-31-33-42(34-32-40)62-65-61(41-19-5-2-6-20-41)66-63(67-62)48-35-37-55(60-57(48)47-25-11-16-30-56(47)69-60)68-53-29-15-10-24-46(53)59-54(68)38-36-52-58(59)45-23-9-14-28-51(45)64(52)49-26-12-7-21-43(49)44-22-8-13-27-50(44)64/h1-38H. The van der Waals surface area contributed by atoms with Gasteiger partial charge in [0.15, 0.2) is 23.1 Å². The molecule has 5 heteroatoms. The number of aromatic nitrogens is 4. The molecule has 0 amide bonds. The molecule has 2 aliphatic carbocycles. The molecule has 3 aromatic heterocycles. The molecule has 5 nitrogen and oxygen atoms in total. The van der Waals surface area contributed by atoms with E-state index >= 15 is 0 Å². The van der Waals surface area contributed by atoms with Crippen molar-refractivity contribution in [2.24, 2.45) is 0 Å². The lowest BCUT2D eigenvalue weighted by atomic mass is 9.70. The van der Waals surface area contributed by atoms with E-state index < -0.39 is 5.41 Å². The number of fused-ring (bicyclic) bond motifs is 17. The number of benzene rings is 10. The van der Waals surface area contributed by atoms with E-state index in [-0.39, 0.29) is 0 Å². The molecular weight excluding hydrogens is 841 g/mol. The quantitative estimate of drug-likeness (QED) is 0.173. The first-order valence-electron chi connectivity index (χ1n) is 23.5. The van der Waals surface area contributed by atoms with Gasteiger partial charge in [0.25, 0.3) is 0 Å². The summed E-state index contributed by atoms with van der Waals surface area (Å²) in [5.41, 5.74) is 19.7. The third kappa shape index (κ3) is 5.27. The van der Waals surface area contributed by atoms with Crippen LogP contribution < -0.4 is 0 Å². The number of para-hydroxylation sites is 2. The molecular formula is C64H38N4O. The molecule has 0 saturated heterocycles. The molecule has 3 heterocycles. The van der Waals surface area contributed by atoms with Gasteiger partial charge < -0.3 is 8.98 Å². The monoisotopic (exact) mass is 878 g/mol. The van der Waals surface area contributed by atoms with E-state index in [2.05, 4.69) is 205 Å². The Morgan fingerprint density at radius 1 is 0.333 bits per heavy atom. The predicted octanol–water partition coefficient (Wildman–Crippen LogP) is 15.9. The molecule has 2 aliphatic rings. The molecule has 69 heavy (non-hydrogen) atoms. The smallest absolute Gasteiger partial charge is 0.164 e. The zero-order valence-electron chi connectivity index (χ0n) is 37.1. The largest absolute Gasteiger partial charge is 0.454 e. The van der Waals surface area contributed by atoms with Gasteiger partial charge in [-0.2, -0.15) is 0 Å². The van der Waals surface area contributed by atoms with Gasteiger partial charge in [-0.05, 0) is 86.0 Å². The van der Waals surface area contributed by atoms with Crippen LogP contribution in [0.2, 0.25) is 0 Å². The van der Waals surface area contributed by atoms with Gasteiger partial charge in [0.05, 0.1) is 22.1 Å². The van der Waals surface area contributed by atoms with E-state index in [1.54, 1.807) is 0 Å². The third-order valence-electron chi connectivity index (χ3n) is 14.7. The maximum atomic E-state index is 7.06. The van der Waals surface area contributed by atoms with Crippen molar-refractivity contribution in [3.8, 4) is 73.2 Å². The van der Waals surface area contributed by atoms with Gasteiger partial charge in [0.2, 0.25) is 0 Å². The maximum Gasteiger partial charge on any atom is 0.164 e. The van der Waals surface area contributed by atoms with Crippen molar-refractivity contribution in [1.29, 1.82) is 0 Å². The van der Waals surface area contributed by atoms with E-state index in [1.807, 2.05) is 30.3 Å². The normalized spacial score (nSPS) is 13.0. The Hall–Kier alpha value is -9.19. The molecule has 1 spiro atoms. The van der Waals surface area contributed by atoms with E-state index in [1.165, 1.54) is 55.3 Å². The van der Waals surface area contributed by atoms with Crippen LogP contribution in [0.1, 0.15) is 22.3 Å². The minimum atomic E-state index is -0.448. The molecule has 0 unspecified atom stereocenters. The van der Waals surface area contributed by atoms with E-state index in [9.17, 15) is 0 Å². The zero-order chi connectivity index (χ0) is 45.2. The van der Waals surface area contributed by atoms with Gasteiger partial charge in [-0.1, -0.05) is 200 Å². The van der Waals surface area contributed by atoms with Crippen molar-refractivity contribution < 1.29 is 4.42 Å². The minimum Gasteiger partial charge on any atom is -0.454 e. The van der Waals surface area contributed by atoms with Crippen LogP contribution in [0.4, 0.5) is 0 Å². The molecule has 0 radical (unpaired) electrons. The number of nitrogens with zero attached hydrogens (tertiary/aromatic N) is 4. The average Bonchev–Trinajstić information content (AvgIpc) is 4.15. The number of hydrogen-bond donors (Lipinski definition) is 0. The Bertz CT molecular complexity index is 4200. The Morgan fingerprint density at radius 3 is 1.57 bits per heavy atom. The molecule has 13 aromatic rings. The van der Waals surface area contributed by atoms with Crippen LogP contribution in [-0.2, 0) is 5.41 Å². The van der Waals surface area contributed by atoms with Gasteiger partial charge in [-0.15, -0.1) is 0 Å². The predicted molar refractivity (Wildman–Crippen MR) is 279 cm³/mol. The Morgan fingerprint density at radius 2 is 0.855 bits per heavy atom. The van der Waals surface area contributed by atoms with Gasteiger partial charge in [-0.3, -0.25) is 0 Å². The van der Waals surface area contributed by atoms with Crippen LogP contribution in [0.15, 0.2) is 235 Å². The molecule has 15 rings (SSSR count). The zero-order valence-corrected chi connectivity index (χ0v) is 37.1. The highest BCUT2D eigenvalue weighted by Gasteiger charge is 2.52. The average molecular weight is 879 g/mol. The minimum absolute atomic E-state index is 0.448. The summed E-state index contributed by atoms with van der Waals surface area (Å²) in [4.78, 5) is 15.6. The molecule has 0 bridgehead atoms. The van der Waals surface area contributed by atoms with Gasteiger partial charge in [-0.25, -0.2) is 15.0 Å². The summed E-state index contributed by atoms with van der Waals surface area (Å²) >= 11 is 0. The molecule has 0 saturated carbocycles. The third-order valence-corrected chi connectivity index (χ3v) is 14.7. The first-order chi connectivity index (χ1) is 34.2. The Labute approximate surface area is 397 Å². The van der Waals surface area contributed by atoms with Crippen molar-refractivity contribution in [3.05, 3.63) is 253 Å². The number of rotatable bonds is 5. The van der Waals surface area contributed by atoms with Crippen LogP contribution in [0.25, 0.3) is 117 Å². The first kappa shape index (κ1) is 38.0. The summed E-state index contributed by atoms with van der Waals surface area (Å²) < 4.78 is 9.47. The maximum absolute atomic E-state index is 7.06. The molecule has 0 N–H and O–H groups in total. The molecule has 0 atom stereocenters. The fraction of sp³-hybridized carbons (Fsp3) is 0.0156. The highest BCUT2D eigenvalue weighted by molar-refractivity contribution is 6.21. The van der Waals surface area contributed by atoms with Gasteiger partial charge in [0.1, 0.15) is 5.58 Å². The highest BCUT2D eigenvalue weighted by atomic mass is 16.3. The van der Waals surface area contributed by atoms with Crippen molar-refractivity contribution in [2.75, 3.05) is 0 Å². The SMILES string of the molecule is c1ccc(-c2ccc(-c3nc(-c4ccccc4)nc(-c4ccc(-n5c6ccccc6c6c7c(ccc65)C5(c6ccccc6-c6ccccc65)c5ccccc5-7)c5oc6ccccc6c45)n3)cc2)cc1. The Kier molecular flexibility index (Phi) is 7.93. The Balaban J connectivity index is 0.980. The lowest BCUT2D eigenvalue weighted by Crippen LogP contribution is -2.25. The molecule has 10 aromatic carbocycles. The summed E-state index contributed by atoms with van der Waals surface area (Å²) in [6.07, 6.45) is 0. The number of hydrogen-bond acceptors (Lipinski definition) is 4. The topological polar surface area (TPSA) is 56.7 Å². The lowest BCUT2D eigenvalue weighted by Gasteiger charge is -2.30. The van der Waals surface area contributed by atoms with Crippen LogP contribution in [-0.4, -0.2) is 19.5 Å². The summed E-state index contributed by atoms with van der Waals surface area (Å²) in [7, 11) is 0. The fourth-order valence-corrected chi connectivity index (χ4v) is 11.9. The van der Waals surface area contributed by atoms with Crippen molar-refractivity contribution in [1.82, 2.24) is 19.5 Å². The van der Waals surface area contributed by atoms with Crippen LogP contribution >= 0.6 is 0 Å². The summed E-state index contributed by atoms with van der Waals surface area (Å²) in [6.45, 7) is 0. The first-order valence-corrected chi connectivity index (χ1v) is 23.5. The fourth-order valence-electron chi connectivity index (χ4n) is 11.9. The second kappa shape index (κ2) is 14.4. The van der Waals surface area contributed by atoms with E-state index in [4.69, 9.17) is 19.4 Å². The molecule has 0 fully saturated rings. The van der Waals surface area contributed by atoms with Crippen molar-refractivity contribution in [2.45, 2.75) is 5.41 Å². The van der Waals surface area contributed by atoms with E-state index in [0.29, 0.717) is 17.5 Å². The molecule has 0 aliphatic heterocycles. The van der Waals surface area contributed by atoms with Crippen LogP contribution in [0.3, 0.4) is 0 Å². The van der Waals surface area contributed by atoms with Gasteiger partial charge in [0, 0.05) is 38.2 Å². The van der Waals surface area contributed by atoms with Crippen LogP contribution in [0.5, 0.6) is 0 Å². The van der Waals surface area contributed by atoms with E-state index in [0.717, 1.165) is 66.5 Å². The lowest BCUT2D eigenvalue weighted by molar-refractivity contribution is 0.666. The van der Waals surface area contributed by atoms with Gasteiger partial charge >= 0.3 is 0 Å². The molecule has 320 valence electrons. The summed E-state index contributed by atoms with van der Waals surface area (Å²) in [5.74, 6) is 1.79. The second-order valence-electron chi connectivity index (χ2n) is 18.2. The second-order valence-corrected chi connectivity index (χ2v) is 18.2. The van der Waals surface area contributed by atoms with Crippen LogP contribution in [0, 0.1) is 0 Å². The summed E-state index contributed by atoms with van der Waals surface area (Å²) in [6, 6.07) is 82.4. The van der Waals surface area contributed by atoms with Crippen molar-refractivity contribution in [3.63, 3.8) is 0 Å². The summed E-state index contributed by atoms with van der Waals surface area (Å²) in [5, 5.41) is 4.37. The number of furan rings is 1.